The van der Waals surface area contributed by atoms with Crippen LogP contribution in [0.15, 0.2) is 30.3 Å². The Morgan fingerprint density at radius 3 is 1.64 bits per heavy atom. The predicted molar refractivity (Wildman–Crippen MR) is 69.6 cm³/mol. The van der Waals surface area contributed by atoms with Crippen LogP contribution in [-0.2, 0) is 0 Å². The van der Waals surface area contributed by atoms with Gasteiger partial charge in [-0.1, -0.05) is 0 Å². The molecule has 0 radical (unpaired) electrons. The minimum absolute atomic E-state index is 0. The van der Waals surface area contributed by atoms with Crippen molar-refractivity contribution in [1.29, 1.82) is 0 Å². The molecule has 0 amide bonds. The van der Waals surface area contributed by atoms with E-state index in [2.05, 4.69) is 51.1 Å². The molecule has 0 saturated carbocycles. The number of hydrogen-bond donors (Lipinski definition) is 0. The molecule has 1 aromatic carbocycles. The zero-order valence-electron chi connectivity index (χ0n) is 9.51. The van der Waals surface area contributed by atoms with Crippen LogP contribution < -0.4 is 5.30 Å². The van der Waals surface area contributed by atoms with Gasteiger partial charge in [-0.05, 0) is 0 Å². The van der Waals surface area contributed by atoms with Crippen molar-refractivity contribution in [3.8, 4) is 0 Å². The fourth-order valence-corrected chi connectivity index (χ4v) is 5.78. The van der Waals surface area contributed by atoms with E-state index in [9.17, 15) is 0 Å². The first-order valence-corrected chi connectivity index (χ1v) is 7.96. The van der Waals surface area contributed by atoms with Gasteiger partial charge in [0.05, 0.1) is 0 Å². The van der Waals surface area contributed by atoms with Gasteiger partial charge in [0, 0.05) is 0 Å². The van der Waals surface area contributed by atoms with Crippen LogP contribution in [0.5, 0.6) is 0 Å². The summed E-state index contributed by atoms with van der Waals surface area (Å²) >= 11 is 0. The molecular formula is C12H23OP. The third-order valence-corrected chi connectivity index (χ3v) is 9.04. The Balaban J connectivity index is 0.00000169. The van der Waals surface area contributed by atoms with Gasteiger partial charge in [-0.15, -0.1) is 0 Å². The summed E-state index contributed by atoms with van der Waals surface area (Å²) in [5.41, 5.74) is 0. The summed E-state index contributed by atoms with van der Waals surface area (Å²) in [6, 6.07) is 11.1. The van der Waals surface area contributed by atoms with Gasteiger partial charge in [0.25, 0.3) is 0 Å². The Labute approximate surface area is 88.2 Å². The Morgan fingerprint density at radius 1 is 0.857 bits per heavy atom. The molecule has 1 aromatic rings. The first-order chi connectivity index (χ1) is 6.29. The summed E-state index contributed by atoms with van der Waals surface area (Å²) < 4.78 is 0. The van der Waals surface area contributed by atoms with Crippen molar-refractivity contribution in [1.82, 2.24) is 0 Å². The third-order valence-electron chi connectivity index (χ3n) is 3.42. The van der Waals surface area contributed by atoms with Gasteiger partial charge < -0.3 is 5.48 Å². The molecule has 14 heavy (non-hydrogen) atoms. The maximum atomic E-state index is 2.35. The molecule has 2 N–H and O–H groups in total. The molecule has 0 aliphatic rings. The van der Waals surface area contributed by atoms with E-state index >= 15 is 0 Å². The van der Waals surface area contributed by atoms with E-state index in [4.69, 9.17) is 0 Å². The third kappa shape index (κ3) is 2.56. The van der Waals surface area contributed by atoms with Gasteiger partial charge in [0.2, 0.25) is 0 Å². The van der Waals surface area contributed by atoms with Crippen molar-refractivity contribution in [2.45, 2.75) is 20.8 Å². The Hall–Kier alpha value is -0.390. The molecule has 82 valence electrons. The van der Waals surface area contributed by atoms with E-state index in [0.29, 0.717) is 0 Å². The molecule has 0 atom stereocenters. The van der Waals surface area contributed by atoms with E-state index in [1.807, 2.05) is 0 Å². The molecule has 1 nitrogen and oxygen atoms in total. The van der Waals surface area contributed by atoms with Crippen molar-refractivity contribution < 1.29 is 5.48 Å². The van der Waals surface area contributed by atoms with Crippen LogP contribution in [0.2, 0.25) is 0 Å². The Kier molecular flexibility index (Phi) is 5.99. The normalized spacial score (nSPS) is 11.9. The van der Waals surface area contributed by atoms with Crippen LogP contribution >= 0.6 is 7.26 Å². The predicted octanol–water partition coefficient (Wildman–Crippen LogP) is 2.30. The van der Waals surface area contributed by atoms with Crippen molar-refractivity contribution in [2.75, 3.05) is 18.5 Å². The van der Waals surface area contributed by atoms with Crippen LogP contribution in [-0.4, -0.2) is 24.0 Å². The monoisotopic (exact) mass is 214 g/mol. The number of hydrogen-bond acceptors (Lipinski definition) is 0. The van der Waals surface area contributed by atoms with E-state index in [-0.39, 0.29) is 5.48 Å². The molecular weight excluding hydrogens is 191 g/mol. The Bertz CT molecular complexity index is 233. The average molecular weight is 214 g/mol. The molecule has 0 heterocycles. The molecule has 0 unspecified atom stereocenters. The summed E-state index contributed by atoms with van der Waals surface area (Å²) in [5.74, 6) is 0. The maximum Gasteiger partial charge on any atom is -0.412 e. The second-order valence-corrected chi connectivity index (χ2v) is 8.97. The van der Waals surface area contributed by atoms with E-state index in [1.54, 1.807) is 5.30 Å². The van der Waals surface area contributed by atoms with Crippen LogP contribution in [0.4, 0.5) is 0 Å². The van der Waals surface area contributed by atoms with Gasteiger partial charge in [-0.2, -0.15) is 0 Å². The fourth-order valence-electron chi connectivity index (χ4n) is 2.15. The van der Waals surface area contributed by atoms with Gasteiger partial charge >= 0.3 is 82.2 Å². The largest absolute Gasteiger partial charge is 0.412 e. The second-order valence-electron chi connectivity index (χ2n) is 3.71. The van der Waals surface area contributed by atoms with Crippen LogP contribution in [0.1, 0.15) is 20.8 Å². The van der Waals surface area contributed by atoms with Crippen molar-refractivity contribution in [3.63, 3.8) is 0 Å². The molecule has 0 aliphatic heterocycles. The average Bonchev–Trinajstić information content (AvgIpc) is 2.23. The Morgan fingerprint density at radius 2 is 1.29 bits per heavy atom. The summed E-state index contributed by atoms with van der Waals surface area (Å²) in [5, 5.41) is 1.64. The molecule has 0 bridgehead atoms. The summed E-state index contributed by atoms with van der Waals surface area (Å²) in [6.45, 7) is 7.06. The zero-order valence-corrected chi connectivity index (χ0v) is 10.5. The molecule has 0 aliphatic carbocycles. The molecule has 0 fully saturated rings. The van der Waals surface area contributed by atoms with Crippen LogP contribution in [0, 0.1) is 0 Å². The zero-order chi connectivity index (χ0) is 9.73. The molecule has 1 rings (SSSR count). The van der Waals surface area contributed by atoms with E-state index in [0.717, 1.165) is 0 Å². The first-order valence-electron chi connectivity index (χ1n) is 5.34. The maximum absolute atomic E-state index is 2.35. The van der Waals surface area contributed by atoms with Crippen molar-refractivity contribution in [2.24, 2.45) is 0 Å². The molecule has 0 spiro atoms. The summed E-state index contributed by atoms with van der Waals surface area (Å²) in [7, 11) is -1.09. The minimum atomic E-state index is -1.09. The quantitative estimate of drug-likeness (QED) is 0.689. The van der Waals surface area contributed by atoms with Crippen molar-refractivity contribution >= 4 is 12.6 Å². The summed E-state index contributed by atoms with van der Waals surface area (Å²) in [4.78, 5) is 0. The van der Waals surface area contributed by atoms with E-state index in [1.165, 1.54) is 18.5 Å². The topological polar surface area (TPSA) is 31.5 Å². The number of benzene rings is 1. The van der Waals surface area contributed by atoms with Crippen LogP contribution in [0.25, 0.3) is 0 Å². The summed E-state index contributed by atoms with van der Waals surface area (Å²) in [6.07, 6.45) is 4.14. The number of rotatable bonds is 4. The first kappa shape index (κ1) is 13.6. The standard InChI is InChI=1S/C12H21P.H2O/c1-4-13(5-2,6-3)12-10-8-7-9-11-12;/h7-11,13H,4-6H2,1-3H3;1H2. The van der Waals surface area contributed by atoms with Crippen LogP contribution in [0.3, 0.4) is 0 Å². The van der Waals surface area contributed by atoms with E-state index < -0.39 is 7.26 Å². The second kappa shape index (κ2) is 6.16. The molecule has 2 heteroatoms. The molecule has 0 aromatic heterocycles. The smallest absolute Gasteiger partial charge is 0.412 e. The fraction of sp³-hybridized carbons (Fsp3) is 0.500. The van der Waals surface area contributed by atoms with Gasteiger partial charge in [0.1, 0.15) is 0 Å². The SMILES string of the molecule is CC[PH](CC)(CC)c1ccccc1.O. The minimum Gasteiger partial charge on any atom is -0.412 e. The van der Waals surface area contributed by atoms with Gasteiger partial charge in [0.15, 0.2) is 0 Å². The van der Waals surface area contributed by atoms with Gasteiger partial charge in [-0.3, -0.25) is 0 Å². The van der Waals surface area contributed by atoms with Gasteiger partial charge in [-0.25, -0.2) is 0 Å². The van der Waals surface area contributed by atoms with Crippen molar-refractivity contribution in [3.05, 3.63) is 30.3 Å². The molecule has 0 saturated heterocycles.